The second kappa shape index (κ2) is 7.78. The molecular formula is C22H24N4O2. The van der Waals surface area contributed by atoms with Gasteiger partial charge in [0.1, 0.15) is 5.82 Å². The van der Waals surface area contributed by atoms with Gasteiger partial charge in [-0.15, -0.1) is 0 Å². The lowest BCUT2D eigenvalue weighted by atomic mass is 10.0. The number of hydrogen-bond donors (Lipinski definition) is 3. The number of nitrogens with one attached hydrogen (secondary N) is 1. The number of anilines is 2. The molecule has 144 valence electrons. The largest absolute Gasteiger partial charge is 0.504 e. The van der Waals surface area contributed by atoms with Crippen molar-refractivity contribution >= 4 is 11.5 Å². The standard InChI is InChI=1S/C22H24N4O2/c1-28-21-13-16(4-7-20(21)27)19-12-17(14-25-22(19)23)15-2-5-18(6-3-15)26-10-8-24-9-11-26/h2-7,12-14,24,27H,8-11H2,1H3,(H2,23,25). The lowest BCUT2D eigenvalue weighted by Gasteiger charge is -2.29. The number of phenols is 1. The molecule has 4 N–H and O–H groups in total. The highest BCUT2D eigenvalue weighted by atomic mass is 16.5. The molecule has 1 aliphatic heterocycles. The number of benzene rings is 2. The summed E-state index contributed by atoms with van der Waals surface area (Å²) in [6, 6.07) is 15.7. The van der Waals surface area contributed by atoms with Crippen molar-refractivity contribution in [1.82, 2.24) is 10.3 Å². The highest BCUT2D eigenvalue weighted by Gasteiger charge is 2.12. The Morgan fingerprint density at radius 2 is 1.71 bits per heavy atom. The Balaban J connectivity index is 1.65. The number of nitrogen functional groups attached to an aromatic ring is 1. The number of piperazine rings is 1. The molecule has 0 atom stereocenters. The van der Waals surface area contributed by atoms with Crippen LogP contribution in [0.2, 0.25) is 0 Å². The number of methoxy groups -OCH3 is 1. The van der Waals surface area contributed by atoms with E-state index in [2.05, 4.69) is 39.5 Å². The smallest absolute Gasteiger partial charge is 0.161 e. The topological polar surface area (TPSA) is 83.6 Å². The molecule has 6 nitrogen and oxygen atoms in total. The number of ether oxygens (including phenoxy) is 1. The van der Waals surface area contributed by atoms with Crippen LogP contribution in [0.25, 0.3) is 22.3 Å². The number of nitrogens with zero attached hydrogens (tertiary/aromatic N) is 2. The molecule has 28 heavy (non-hydrogen) atoms. The molecule has 0 unspecified atom stereocenters. The zero-order chi connectivity index (χ0) is 19.5. The average molecular weight is 376 g/mol. The number of nitrogens with two attached hydrogens (primary N) is 1. The molecule has 0 bridgehead atoms. The first-order valence-electron chi connectivity index (χ1n) is 9.35. The summed E-state index contributed by atoms with van der Waals surface area (Å²) >= 11 is 0. The van der Waals surface area contributed by atoms with Crippen LogP contribution in [0.5, 0.6) is 11.5 Å². The fourth-order valence-electron chi connectivity index (χ4n) is 3.50. The average Bonchev–Trinajstić information content (AvgIpc) is 2.75. The molecule has 2 heterocycles. The summed E-state index contributed by atoms with van der Waals surface area (Å²) in [5.41, 5.74) is 11.1. The van der Waals surface area contributed by atoms with Crippen LogP contribution in [0, 0.1) is 0 Å². The monoisotopic (exact) mass is 376 g/mol. The number of phenolic OH excluding ortho intramolecular Hbond substituents is 1. The number of aromatic hydroxyl groups is 1. The SMILES string of the molecule is COc1cc(-c2cc(-c3ccc(N4CCNCC4)cc3)cnc2N)ccc1O. The maximum atomic E-state index is 9.84. The second-order valence-corrected chi connectivity index (χ2v) is 6.83. The zero-order valence-electron chi connectivity index (χ0n) is 15.9. The Bertz CT molecular complexity index is 967. The molecule has 0 saturated carbocycles. The quantitative estimate of drug-likeness (QED) is 0.649. The highest BCUT2D eigenvalue weighted by molar-refractivity contribution is 5.80. The summed E-state index contributed by atoms with van der Waals surface area (Å²) in [5, 5.41) is 13.2. The molecule has 3 aromatic rings. The molecular weight excluding hydrogens is 352 g/mol. The number of aromatic nitrogens is 1. The minimum Gasteiger partial charge on any atom is -0.504 e. The van der Waals surface area contributed by atoms with Gasteiger partial charge < -0.3 is 25.8 Å². The Morgan fingerprint density at radius 3 is 2.43 bits per heavy atom. The molecule has 1 saturated heterocycles. The maximum Gasteiger partial charge on any atom is 0.161 e. The van der Waals surface area contributed by atoms with Gasteiger partial charge in [-0.1, -0.05) is 18.2 Å². The van der Waals surface area contributed by atoms with E-state index in [0.29, 0.717) is 11.6 Å². The third-order valence-electron chi connectivity index (χ3n) is 5.09. The van der Waals surface area contributed by atoms with Crippen LogP contribution in [0.15, 0.2) is 54.7 Å². The lowest BCUT2D eigenvalue weighted by Crippen LogP contribution is -2.43. The van der Waals surface area contributed by atoms with E-state index in [1.807, 2.05) is 12.1 Å². The van der Waals surface area contributed by atoms with Crippen LogP contribution in [-0.2, 0) is 0 Å². The minimum atomic E-state index is 0.0948. The second-order valence-electron chi connectivity index (χ2n) is 6.83. The predicted octanol–water partition coefficient (Wildman–Crippen LogP) is 3.12. The molecule has 0 radical (unpaired) electrons. The van der Waals surface area contributed by atoms with Gasteiger partial charge in [-0.05, 0) is 41.5 Å². The van der Waals surface area contributed by atoms with Gasteiger partial charge >= 0.3 is 0 Å². The van der Waals surface area contributed by atoms with Crippen molar-refractivity contribution in [3.8, 4) is 33.8 Å². The Morgan fingerprint density at radius 1 is 1.00 bits per heavy atom. The molecule has 0 amide bonds. The Hall–Kier alpha value is -3.25. The van der Waals surface area contributed by atoms with Crippen molar-refractivity contribution in [2.75, 3.05) is 43.9 Å². The van der Waals surface area contributed by atoms with Crippen molar-refractivity contribution in [1.29, 1.82) is 0 Å². The Kier molecular flexibility index (Phi) is 5.04. The first-order valence-corrected chi connectivity index (χ1v) is 9.35. The summed E-state index contributed by atoms with van der Waals surface area (Å²) < 4.78 is 5.21. The van der Waals surface area contributed by atoms with Crippen molar-refractivity contribution in [3.63, 3.8) is 0 Å². The van der Waals surface area contributed by atoms with Crippen molar-refractivity contribution < 1.29 is 9.84 Å². The number of rotatable bonds is 4. The number of hydrogen-bond acceptors (Lipinski definition) is 6. The summed E-state index contributed by atoms with van der Waals surface area (Å²) in [6.45, 7) is 4.08. The predicted molar refractivity (Wildman–Crippen MR) is 113 cm³/mol. The van der Waals surface area contributed by atoms with E-state index in [1.165, 1.54) is 12.8 Å². The first kappa shape index (κ1) is 18.1. The van der Waals surface area contributed by atoms with Gasteiger partial charge in [-0.3, -0.25) is 0 Å². The van der Waals surface area contributed by atoms with E-state index in [0.717, 1.165) is 48.4 Å². The van der Waals surface area contributed by atoms with E-state index in [9.17, 15) is 5.11 Å². The van der Waals surface area contributed by atoms with E-state index in [4.69, 9.17) is 10.5 Å². The third-order valence-corrected chi connectivity index (χ3v) is 5.09. The van der Waals surface area contributed by atoms with E-state index in [-0.39, 0.29) is 5.75 Å². The van der Waals surface area contributed by atoms with Crippen molar-refractivity contribution in [2.24, 2.45) is 0 Å². The Labute approximate surface area is 164 Å². The van der Waals surface area contributed by atoms with Crippen LogP contribution in [0.3, 0.4) is 0 Å². The lowest BCUT2D eigenvalue weighted by molar-refractivity contribution is 0.373. The molecule has 4 rings (SSSR count). The van der Waals surface area contributed by atoms with Gasteiger partial charge in [-0.25, -0.2) is 4.98 Å². The summed E-state index contributed by atoms with van der Waals surface area (Å²) in [7, 11) is 1.52. The van der Waals surface area contributed by atoms with Gasteiger partial charge in [0.05, 0.1) is 7.11 Å². The van der Waals surface area contributed by atoms with Crippen LogP contribution in [-0.4, -0.2) is 43.4 Å². The van der Waals surface area contributed by atoms with Crippen LogP contribution in [0.4, 0.5) is 11.5 Å². The zero-order valence-corrected chi connectivity index (χ0v) is 15.9. The van der Waals surface area contributed by atoms with Crippen LogP contribution >= 0.6 is 0 Å². The van der Waals surface area contributed by atoms with Crippen LogP contribution < -0.4 is 20.7 Å². The number of pyridine rings is 1. The fraction of sp³-hybridized carbons (Fsp3) is 0.227. The summed E-state index contributed by atoms with van der Waals surface area (Å²) in [4.78, 5) is 6.76. The summed E-state index contributed by atoms with van der Waals surface area (Å²) in [6.07, 6.45) is 1.79. The van der Waals surface area contributed by atoms with E-state index < -0.39 is 0 Å². The maximum absolute atomic E-state index is 9.84. The first-order chi connectivity index (χ1) is 13.7. The molecule has 6 heteroatoms. The summed E-state index contributed by atoms with van der Waals surface area (Å²) in [5.74, 6) is 0.939. The van der Waals surface area contributed by atoms with Gasteiger partial charge in [0.2, 0.25) is 0 Å². The molecule has 1 fully saturated rings. The highest BCUT2D eigenvalue weighted by Crippen LogP contribution is 2.35. The molecule has 0 aliphatic carbocycles. The van der Waals surface area contributed by atoms with E-state index in [1.54, 1.807) is 18.3 Å². The third kappa shape index (κ3) is 3.59. The molecule has 1 aromatic heterocycles. The molecule has 0 spiro atoms. The minimum absolute atomic E-state index is 0.0948. The van der Waals surface area contributed by atoms with Gasteiger partial charge in [0.25, 0.3) is 0 Å². The molecule has 1 aliphatic rings. The fourth-order valence-corrected chi connectivity index (χ4v) is 3.50. The van der Waals surface area contributed by atoms with E-state index >= 15 is 0 Å². The van der Waals surface area contributed by atoms with Gasteiger partial charge in [0.15, 0.2) is 11.5 Å². The van der Waals surface area contributed by atoms with Gasteiger partial charge in [0, 0.05) is 49.2 Å². The normalized spacial score (nSPS) is 14.1. The van der Waals surface area contributed by atoms with Crippen molar-refractivity contribution in [3.05, 3.63) is 54.7 Å². The van der Waals surface area contributed by atoms with Crippen LogP contribution in [0.1, 0.15) is 0 Å². The van der Waals surface area contributed by atoms with Crippen molar-refractivity contribution in [2.45, 2.75) is 0 Å². The van der Waals surface area contributed by atoms with Gasteiger partial charge in [-0.2, -0.15) is 0 Å². The molecule has 2 aromatic carbocycles.